The highest BCUT2D eigenvalue weighted by Crippen LogP contribution is 2.30. The van der Waals surface area contributed by atoms with Crippen LogP contribution in [-0.2, 0) is 9.53 Å². The summed E-state index contributed by atoms with van der Waals surface area (Å²) in [4.78, 5) is 18.7. The maximum Gasteiger partial charge on any atom is 0.237 e. The number of fused-ring (bicyclic) bond motifs is 1. The third kappa shape index (κ3) is 2.89. The van der Waals surface area contributed by atoms with Crippen LogP contribution in [0.1, 0.15) is 11.5 Å². The van der Waals surface area contributed by atoms with E-state index in [0.717, 1.165) is 50.6 Å². The number of ether oxygens (including phenoxy) is 1. The standard InChI is InChI=1S/C15H19N3O2/c19-15-13(12-3-1-2-4-14(12)17-15)11-16-5-6-18-7-9-20-10-8-18/h1-4,11,13H,5-10H2,(H,17,19)/t13-/m1/s1. The second-order valence-electron chi connectivity index (χ2n) is 5.06. The molecule has 0 spiro atoms. The molecule has 5 nitrogen and oxygen atoms in total. The first-order valence-electron chi connectivity index (χ1n) is 7.04. The van der Waals surface area contributed by atoms with Crippen LogP contribution in [0.4, 0.5) is 5.69 Å². The van der Waals surface area contributed by atoms with Gasteiger partial charge in [0.25, 0.3) is 0 Å². The zero-order valence-electron chi connectivity index (χ0n) is 11.4. The third-order valence-electron chi connectivity index (χ3n) is 3.74. The molecule has 3 rings (SSSR count). The van der Waals surface area contributed by atoms with Gasteiger partial charge in [0, 0.05) is 31.5 Å². The quantitative estimate of drug-likeness (QED) is 0.837. The van der Waals surface area contributed by atoms with E-state index in [-0.39, 0.29) is 11.8 Å². The molecule has 0 saturated carbocycles. The highest BCUT2D eigenvalue weighted by Gasteiger charge is 2.28. The Bertz CT molecular complexity index is 510. The molecular weight excluding hydrogens is 254 g/mol. The second-order valence-corrected chi connectivity index (χ2v) is 5.06. The number of rotatable bonds is 4. The number of carbonyl (C=O) groups is 1. The van der Waals surface area contributed by atoms with Gasteiger partial charge in [0.15, 0.2) is 0 Å². The number of carbonyl (C=O) groups excluding carboxylic acids is 1. The maximum atomic E-state index is 11.9. The summed E-state index contributed by atoms with van der Waals surface area (Å²) in [6.45, 7) is 5.22. The zero-order chi connectivity index (χ0) is 13.8. The van der Waals surface area contributed by atoms with Crippen LogP contribution in [0.2, 0.25) is 0 Å². The Morgan fingerprint density at radius 3 is 3.00 bits per heavy atom. The second kappa shape index (κ2) is 6.15. The summed E-state index contributed by atoms with van der Waals surface area (Å²) in [5.41, 5.74) is 1.93. The van der Waals surface area contributed by atoms with Crippen molar-refractivity contribution in [3.05, 3.63) is 29.8 Å². The minimum absolute atomic E-state index is 0.0151. The van der Waals surface area contributed by atoms with Gasteiger partial charge in [-0.25, -0.2) is 0 Å². The highest BCUT2D eigenvalue weighted by atomic mass is 16.5. The fourth-order valence-corrected chi connectivity index (χ4v) is 2.59. The minimum Gasteiger partial charge on any atom is -0.379 e. The molecule has 0 aromatic heterocycles. The number of aliphatic imine (C=N–C) groups is 1. The van der Waals surface area contributed by atoms with Gasteiger partial charge in [0.1, 0.15) is 5.92 Å². The molecular formula is C15H19N3O2. The van der Waals surface area contributed by atoms with E-state index >= 15 is 0 Å². The molecule has 0 radical (unpaired) electrons. The summed E-state index contributed by atoms with van der Waals surface area (Å²) < 4.78 is 5.31. The van der Waals surface area contributed by atoms with Gasteiger partial charge in [-0.3, -0.25) is 14.7 Å². The van der Waals surface area contributed by atoms with E-state index in [1.165, 1.54) is 0 Å². The molecule has 1 fully saturated rings. The van der Waals surface area contributed by atoms with E-state index in [2.05, 4.69) is 15.2 Å². The largest absolute Gasteiger partial charge is 0.379 e. The number of nitrogens with one attached hydrogen (secondary N) is 1. The van der Waals surface area contributed by atoms with E-state index in [1.807, 2.05) is 24.3 Å². The Morgan fingerprint density at radius 2 is 2.15 bits per heavy atom. The molecule has 2 aliphatic rings. The van der Waals surface area contributed by atoms with Crippen LogP contribution in [0.5, 0.6) is 0 Å². The summed E-state index contributed by atoms with van der Waals surface area (Å²) in [5.74, 6) is -0.225. The highest BCUT2D eigenvalue weighted by molar-refractivity contribution is 6.12. The van der Waals surface area contributed by atoms with E-state index in [4.69, 9.17) is 4.74 Å². The lowest BCUT2D eigenvalue weighted by Crippen LogP contribution is -2.37. The van der Waals surface area contributed by atoms with Gasteiger partial charge in [-0.2, -0.15) is 0 Å². The van der Waals surface area contributed by atoms with Crippen LogP contribution in [0.3, 0.4) is 0 Å². The number of morpholine rings is 1. The van der Waals surface area contributed by atoms with E-state index in [1.54, 1.807) is 6.21 Å². The van der Waals surface area contributed by atoms with Gasteiger partial charge in [-0.05, 0) is 11.6 Å². The molecule has 1 aromatic rings. The molecule has 1 aromatic carbocycles. The van der Waals surface area contributed by atoms with E-state index in [9.17, 15) is 4.79 Å². The fraction of sp³-hybridized carbons (Fsp3) is 0.467. The van der Waals surface area contributed by atoms with Crippen molar-refractivity contribution in [3.63, 3.8) is 0 Å². The molecule has 5 heteroatoms. The first-order chi connectivity index (χ1) is 9.84. The van der Waals surface area contributed by atoms with E-state index in [0.29, 0.717) is 0 Å². The van der Waals surface area contributed by atoms with Crippen LogP contribution in [0.25, 0.3) is 0 Å². The SMILES string of the molecule is O=C1Nc2ccccc2[C@H]1C=NCCN1CCOCC1. The van der Waals surface area contributed by atoms with Crippen LogP contribution in [-0.4, -0.2) is 56.4 Å². The number of nitrogens with zero attached hydrogens (tertiary/aromatic N) is 2. The molecule has 2 heterocycles. The predicted molar refractivity (Wildman–Crippen MR) is 78.4 cm³/mol. The van der Waals surface area contributed by atoms with Crippen molar-refractivity contribution in [1.29, 1.82) is 0 Å². The number of hydrogen-bond acceptors (Lipinski definition) is 4. The fourth-order valence-electron chi connectivity index (χ4n) is 2.59. The average molecular weight is 273 g/mol. The Labute approximate surface area is 118 Å². The lowest BCUT2D eigenvalue weighted by Gasteiger charge is -2.25. The topological polar surface area (TPSA) is 53.9 Å². The van der Waals surface area contributed by atoms with Gasteiger partial charge in [-0.1, -0.05) is 18.2 Å². The van der Waals surface area contributed by atoms with Crippen molar-refractivity contribution >= 4 is 17.8 Å². The Balaban J connectivity index is 1.55. The Morgan fingerprint density at radius 1 is 1.35 bits per heavy atom. The molecule has 1 N–H and O–H groups in total. The molecule has 0 unspecified atom stereocenters. The lowest BCUT2D eigenvalue weighted by molar-refractivity contribution is -0.115. The van der Waals surface area contributed by atoms with Crippen molar-refractivity contribution in [2.75, 3.05) is 44.7 Å². The van der Waals surface area contributed by atoms with Gasteiger partial charge in [0.2, 0.25) is 5.91 Å². The van der Waals surface area contributed by atoms with Crippen molar-refractivity contribution < 1.29 is 9.53 Å². The zero-order valence-corrected chi connectivity index (χ0v) is 11.4. The minimum atomic E-state index is -0.240. The van der Waals surface area contributed by atoms with Crippen molar-refractivity contribution in [2.24, 2.45) is 4.99 Å². The molecule has 2 aliphatic heterocycles. The van der Waals surface area contributed by atoms with Crippen molar-refractivity contribution in [3.8, 4) is 0 Å². The van der Waals surface area contributed by atoms with Crippen LogP contribution in [0.15, 0.2) is 29.3 Å². The molecule has 0 bridgehead atoms. The number of amides is 1. The molecule has 1 amide bonds. The smallest absolute Gasteiger partial charge is 0.237 e. The van der Waals surface area contributed by atoms with Gasteiger partial charge in [0.05, 0.1) is 19.8 Å². The molecule has 1 saturated heterocycles. The maximum absolute atomic E-state index is 11.9. The van der Waals surface area contributed by atoms with Gasteiger partial charge in [-0.15, -0.1) is 0 Å². The van der Waals surface area contributed by atoms with Gasteiger partial charge >= 0.3 is 0 Å². The summed E-state index contributed by atoms with van der Waals surface area (Å²) in [6.07, 6.45) is 1.78. The molecule has 106 valence electrons. The van der Waals surface area contributed by atoms with E-state index < -0.39 is 0 Å². The van der Waals surface area contributed by atoms with Gasteiger partial charge < -0.3 is 10.1 Å². The van der Waals surface area contributed by atoms with Crippen LogP contribution >= 0.6 is 0 Å². The number of anilines is 1. The van der Waals surface area contributed by atoms with Crippen LogP contribution < -0.4 is 5.32 Å². The Hall–Kier alpha value is -1.72. The van der Waals surface area contributed by atoms with Crippen LogP contribution in [0, 0.1) is 0 Å². The lowest BCUT2D eigenvalue weighted by atomic mass is 10.0. The number of para-hydroxylation sites is 1. The molecule has 0 aliphatic carbocycles. The summed E-state index contributed by atoms with van der Waals surface area (Å²) >= 11 is 0. The monoisotopic (exact) mass is 273 g/mol. The summed E-state index contributed by atoms with van der Waals surface area (Å²) in [6, 6.07) is 7.78. The average Bonchev–Trinajstić information content (AvgIpc) is 2.80. The number of benzene rings is 1. The van der Waals surface area contributed by atoms with Crippen molar-refractivity contribution in [2.45, 2.75) is 5.92 Å². The predicted octanol–water partition coefficient (Wildman–Crippen LogP) is 1.13. The third-order valence-corrected chi connectivity index (χ3v) is 3.74. The van der Waals surface area contributed by atoms with Crippen molar-refractivity contribution in [1.82, 2.24) is 4.90 Å². The summed E-state index contributed by atoms with van der Waals surface area (Å²) in [7, 11) is 0. The Kier molecular flexibility index (Phi) is 4.08. The number of hydrogen-bond donors (Lipinski definition) is 1. The summed E-state index contributed by atoms with van der Waals surface area (Å²) in [5, 5.41) is 2.88. The first-order valence-corrected chi connectivity index (χ1v) is 7.04. The molecule has 20 heavy (non-hydrogen) atoms. The first kappa shape index (κ1) is 13.3. The normalized spacial score (nSPS) is 23.0. The molecule has 1 atom stereocenters.